The van der Waals surface area contributed by atoms with Crippen LogP contribution in [0, 0.1) is 11.3 Å². The van der Waals surface area contributed by atoms with Crippen LogP contribution in [0.2, 0.25) is 0 Å². The molecule has 1 aromatic carbocycles. The van der Waals surface area contributed by atoms with E-state index < -0.39 is 12.1 Å². The van der Waals surface area contributed by atoms with E-state index in [1.165, 1.54) is 4.90 Å². The highest BCUT2D eigenvalue weighted by Gasteiger charge is 2.38. The van der Waals surface area contributed by atoms with Crippen molar-refractivity contribution < 1.29 is 14.3 Å². The van der Waals surface area contributed by atoms with Crippen LogP contribution in [0.15, 0.2) is 48.7 Å². The van der Waals surface area contributed by atoms with Gasteiger partial charge in [-0.1, -0.05) is 24.3 Å². The molecule has 0 bridgehead atoms. The highest BCUT2D eigenvalue weighted by molar-refractivity contribution is 5.87. The van der Waals surface area contributed by atoms with Crippen molar-refractivity contribution in [3.05, 3.63) is 65.5 Å². The number of benzene rings is 1. The monoisotopic (exact) mass is 336 g/mol. The molecule has 25 heavy (non-hydrogen) atoms. The Balaban J connectivity index is 1.69. The summed E-state index contributed by atoms with van der Waals surface area (Å²) in [5, 5.41) is 11.9. The summed E-state index contributed by atoms with van der Waals surface area (Å²) in [7, 11) is 0. The Labute approximate surface area is 144 Å². The van der Waals surface area contributed by atoms with Gasteiger partial charge in [0.05, 0.1) is 30.4 Å². The summed E-state index contributed by atoms with van der Waals surface area (Å²) in [4.78, 5) is 29.9. The number of nitriles is 1. The lowest BCUT2D eigenvalue weighted by atomic mass is 10.1. The maximum Gasteiger partial charge on any atom is 0.410 e. The summed E-state index contributed by atoms with van der Waals surface area (Å²) in [6, 6.07) is 13.8. The molecule has 2 aromatic rings. The second kappa shape index (κ2) is 7.45. The number of carbonyl (C=O) groups is 2. The smallest absolute Gasteiger partial charge is 0.410 e. The number of nitrogens with one attached hydrogen (secondary N) is 1. The Bertz CT molecular complexity index is 817. The van der Waals surface area contributed by atoms with E-state index in [4.69, 9.17) is 4.74 Å². The van der Waals surface area contributed by atoms with Crippen LogP contribution in [0.5, 0.6) is 0 Å². The number of rotatable bonds is 5. The van der Waals surface area contributed by atoms with Crippen molar-refractivity contribution in [2.75, 3.05) is 6.61 Å². The lowest BCUT2D eigenvalue weighted by Gasteiger charge is -2.21. The average molecular weight is 336 g/mol. The van der Waals surface area contributed by atoms with Gasteiger partial charge in [0.2, 0.25) is 5.91 Å². The Morgan fingerprint density at radius 1 is 1.32 bits per heavy atom. The fraction of sp³-hybridized carbons (Fsp3) is 0.222. The van der Waals surface area contributed by atoms with E-state index in [0.29, 0.717) is 11.1 Å². The molecule has 7 heteroatoms. The number of ether oxygens (including phenoxy) is 1. The predicted molar refractivity (Wildman–Crippen MR) is 87.9 cm³/mol. The standard InChI is InChI=1S/C18H16N4O3/c19-9-13-5-1-2-6-14(13)11-22-16(12-25-18(22)24)17(23)21-10-15-7-3-4-8-20-15/h1-8,16H,10-12H2,(H,21,23)/t16-/m0/s1. The van der Waals surface area contributed by atoms with Gasteiger partial charge in [0, 0.05) is 6.20 Å². The van der Waals surface area contributed by atoms with Crippen molar-refractivity contribution in [2.45, 2.75) is 19.1 Å². The molecule has 1 saturated heterocycles. The molecule has 3 rings (SSSR count). The van der Waals surface area contributed by atoms with Gasteiger partial charge >= 0.3 is 6.09 Å². The van der Waals surface area contributed by atoms with Crippen LogP contribution in [0.3, 0.4) is 0 Å². The minimum atomic E-state index is -0.733. The first-order valence-corrected chi connectivity index (χ1v) is 7.78. The van der Waals surface area contributed by atoms with Crippen molar-refractivity contribution in [3.63, 3.8) is 0 Å². The summed E-state index contributed by atoms with van der Waals surface area (Å²) < 4.78 is 5.02. The largest absolute Gasteiger partial charge is 0.447 e. The van der Waals surface area contributed by atoms with E-state index in [2.05, 4.69) is 16.4 Å². The van der Waals surface area contributed by atoms with Gasteiger partial charge in [-0.25, -0.2) is 4.79 Å². The molecular weight excluding hydrogens is 320 g/mol. The van der Waals surface area contributed by atoms with Crippen molar-refractivity contribution >= 4 is 12.0 Å². The summed E-state index contributed by atoms with van der Waals surface area (Å²) in [6.07, 6.45) is 1.08. The number of carbonyl (C=O) groups excluding carboxylic acids is 2. The van der Waals surface area contributed by atoms with E-state index in [0.717, 1.165) is 5.69 Å². The Hall–Kier alpha value is -3.40. The zero-order valence-corrected chi connectivity index (χ0v) is 13.4. The molecule has 0 aliphatic carbocycles. The molecule has 1 aliphatic heterocycles. The topological polar surface area (TPSA) is 95.3 Å². The van der Waals surface area contributed by atoms with E-state index in [1.54, 1.807) is 42.6 Å². The number of nitrogens with zero attached hydrogens (tertiary/aromatic N) is 3. The first-order chi connectivity index (χ1) is 12.2. The molecule has 1 atom stereocenters. The molecule has 1 aliphatic rings. The molecule has 126 valence electrons. The van der Waals surface area contributed by atoms with Gasteiger partial charge in [-0.15, -0.1) is 0 Å². The van der Waals surface area contributed by atoms with Crippen LogP contribution in [0.25, 0.3) is 0 Å². The number of cyclic esters (lactones) is 1. The van der Waals surface area contributed by atoms with Gasteiger partial charge in [0.15, 0.2) is 0 Å². The highest BCUT2D eigenvalue weighted by Crippen LogP contribution is 2.19. The fourth-order valence-corrected chi connectivity index (χ4v) is 2.59. The summed E-state index contributed by atoms with van der Waals surface area (Å²) in [5.41, 5.74) is 1.86. The van der Waals surface area contributed by atoms with Crippen molar-refractivity contribution in [1.29, 1.82) is 5.26 Å². The van der Waals surface area contributed by atoms with Crippen molar-refractivity contribution in [2.24, 2.45) is 0 Å². The Kier molecular flexibility index (Phi) is 4.90. The third kappa shape index (κ3) is 3.75. The van der Waals surface area contributed by atoms with E-state index in [1.807, 2.05) is 6.07 Å². The van der Waals surface area contributed by atoms with Crippen LogP contribution in [0.1, 0.15) is 16.8 Å². The maximum atomic E-state index is 12.4. The molecule has 1 N–H and O–H groups in total. The first kappa shape index (κ1) is 16.5. The molecule has 7 nitrogen and oxygen atoms in total. The molecule has 0 radical (unpaired) electrons. The fourth-order valence-electron chi connectivity index (χ4n) is 2.59. The van der Waals surface area contributed by atoms with E-state index in [9.17, 15) is 14.9 Å². The number of hydrogen-bond acceptors (Lipinski definition) is 5. The highest BCUT2D eigenvalue weighted by atomic mass is 16.6. The van der Waals surface area contributed by atoms with E-state index in [-0.39, 0.29) is 25.6 Å². The predicted octanol–water partition coefficient (Wildman–Crippen LogP) is 1.59. The lowest BCUT2D eigenvalue weighted by molar-refractivity contribution is -0.125. The summed E-state index contributed by atoms with van der Waals surface area (Å²) >= 11 is 0. The SMILES string of the molecule is N#Cc1ccccc1CN1C(=O)OC[C@H]1C(=O)NCc1ccccn1. The van der Waals surface area contributed by atoms with Gasteiger partial charge in [-0.2, -0.15) is 5.26 Å². The number of pyridine rings is 1. The normalized spacial score (nSPS) is 16.2. The zero-order valence-electron chi connectivity index (χ0n) is 13.4. The molecule has 1 fully saturated rings. The van der Waals surface area contributed by atoms with Crippen LogP contribution >= 0.6 is 0 Å². The quantitative estimate of drug-likeness (QED) is 0.894. The van der Waals surface area contributed by atoms with Crippen molar-refractivity contribution in [3.8, 4) is 6.07 Å². The Morgan fingerprint density at radius 2 is 2.12 bits per heavy atom. The molecule has 1 aromatic heterocycles. The third-order valence-electron chi connectivity index (χ3n) is 3.93. The lowest BCUT2D eigenvalue weighted by Crippen LogP contribution is -2.45. The number of amides is 2. The minimum Gasteiger partial charge on any atom is -0.447 e. The molecule has 2 amide bonds. The summed E-state index contributed by atoms with van der Waals surface area (Å²) in [5.74, 6) is -0.314. The molecular formula is C18H16N4O3. The van der Waals surface area contributed by atoms with Gasteiger partial charge in [0.1, 0.15) is 12.6 Å². The zero-order chi connectivity index (χ0) is 17.6. The number of aromatic nitrogens is 1. The second-order valence-electron chi connectivity index (χ2n) is 5.53. The van der Waals surface area contributed by atoms with Gasteiger partial charge in [-0.05, 0) is 23.8 Å². The van der Waals surface area contributed by atoms with Crippen LogP contribution in [-0.2, 0) is 22.6 Å². The molecule has 0 unspecified atom stereocenters. The molecule has 0 spiro atoms. The average Bonchev–Trinajstić information content (AvgIpc) is 3.02. The number of hydrogen-bond donors (Lipinski definition) is 1. The Morgan fingerprint density at radius 3 is 2.88 bits per heavy atom. The maximum absolute atomic E-state index is 12.4. The first-order valence-electron chi connectivity index (χ1n) is 7.78. The van der Waals surface area contributed by atoms with E-state index >= 15 is 0 Å². The van der Waals surface area contributed by atoms with Gasteiger partial charge < -0.3 is 10.1 Å². The third-order valence-corrected chi connectivity index (χ3v) is 3.93. The van der Waals surface area contributed by atoms with Crippen LogP contribution < -0.4 is 5.32 Å². The molecule has 0 saturated carbocycles. The van der Waals surface area contributed by atoms with Crippen molar-refractivity contribution in [1.82, 2.24) is 15.2 Å². The van der Waals surface area contributed by atoms with Gasteiger partial charge in [-0.3, -0.25) is 14.7 Å². The molecule has 2 heterocycles. The van der Waals surface area contributed by atoms with Gasteiger partial charge in [0.25, 0.3) is 0 Å². The minimum absolute atomic E-state index is 0.0123. The van der Waals surface area contributed by atoms with Crippen LogP contribution in [-0.4, -0.2) is 34.5 Å². The van der Waals surface area contributed by atoms with Crippen LogP contribution in [0.4, 0.5) is 4.79 Å². The second-order valence-corrected chi connectivity index (χ2v) is 5.53. The summed E-state index contributed by atoms with van der Waals surface area (Å²) in [6.45, 7) is 0.402.